The van der Waals surface area contributed by atoms with E-state index in [0.29, 0.717) is 0 Å². The molecule has 0 radical (unpaired) electrons. The first kappa shape index (κ1) is 11.1. The van der Waals surface area contributed by atoms with Gasteiger partial charge in [0.1, 0.15) is 0 Å². The normalized spacial score (nSPS) is 12.7. The highest BCUT2D eigenvalue weighted by molar-refractivity contribution is 8.65. The quantitative estimate of drug-likeness (QED) is 0.569. The van der Waals surface area contributed by atoms with Gasteiger partial charge < -0.3 is 0 Å². The van der Waals surface area contributed by atoms with Gasteiger partial charge >= 0.3 is 18.1 Å². The molecule has 0 aliphatic carbocycles. The highest BCUT2D eigenvalue weighted by atomic mass is 33.2. The van der Waals surface area contributed by atoms with Crippen LogP contribution in [0.3, 0.4) is 0 Å². The summed E-state index contributed by atoms with van der Waals surface area (Å²) in [5, 5.41) is 0. The lowest BCUT2D eigenvalue weighted by Gasteiger charge is -1.99. The zero-order valence-corrected chi connectivity index (χ0v) is 8.77. The van der Waals surface area contributed by atoms with E-state index in [1.807, 2.05) is 0 Å². The molecule has 0 saturated heterocycles. The Kier molecular flexibility index (Phi) is 2.64. The summed E-state index contributed by atoms with van der Waals surface area (Å²) < 4.78 is 54.9. The molecular weight excluding hydrogens is 231 g/mol. The summed E-state index contributed by atoms with van der Waals surface area (Å²) in [4.78, 5) is -0.564. The van der Waals surface area contributed by atoms with Crippen LogP contribution in [0.25, 0.3) is 0 Å². The van der Waals surface area contributed by atoms with E-state index >= 15 is 0 Å². The Morgan fingerprint density at radius 3 is 1.79 bits per heavy atom. The molecule has 0 aromatic heterocycles. The maximum Gasteiger partial charge on any atom is 0.415 e. The Labute approximate surface area is 80.9 Å². The third-order valence-corrected chi connectivity index (χ3v) is 5.10. The number of hydrogen-bond donors (Lipinski definition) is 0. The van der Waals surface area contributed by atoms with E-state index in [1.165, 1.54) is 12.1 Å². The van der Waals surface area contributed by atoms with E-state index in [1.54, 1.807) is 6.92 Å². The fourth-order valence-electron chi connectivity index (χ4n) is 0.820. The summed E-state index contributed by atoms with van der Waals surface area (Å²) in [6.07, 6.45) is 0. The Morgan fingerprint density at radius 1 is 1.00 bits per heavy atom. The molecule has 1 aromatic carbocycles. The fraction of sp³-hybridized carbons (Fsp3) is 0.143. The Morgan fingerprint density at radius 2 is 1.43 bits per heavy atom. The summed E-state index contributed by atoms with van der Waals surface area (Å²) in [5.74, 6) is 0. The Hall–Kier alpha value is -0.950. The van der Waals surface area contributed by atoms with Crippen LogP contribution in [0.15, 0.2) is 29.2 Å². The third kappa shape index (κ3) is 1.93. The minimum absolute atomic E-state index is 0.564. The summed E-state index contributed by atoms with van der Waals surface area (Å²) in [7, 11) is -10.5. The number of benzene rings is 1. The van der Waals surface area contributed by atoms with Crippen molar-refractivity contribution < 1.29 is 20.7 Å². The van der Waals surface area contributed by atoms with Crippen LogP contribution in [0.4, 0.5) is 3.89 Å². The number of aryl methyl sites for hydroxylation is 1. The lowest BCUT2D eigenvalue weighted by molar-refractivity contribution is 0.552. The van der Waals surface area contributed by atoms with Crippen molar-refractivity contribution >= 4 is 18.1 Å². The average molecular weight is 238 g/mol. The number of hydrogen-bond acceptors (Lipinski definition) is 4. The van der Waals surface area contributed by atoms with Gasteiger partial charge in [-0.1, -0.05) is 21.6 Å². The van der Waals surface area contributed by atoms with E-state index in [4.69, 9.17) is 0 Å². The van der Waals surface area contributed by atoms with E-state index in [9.17, 15) is 20.7 Å². The molecule has 78 valence electrons. The number of rotatable bonds is 2. The lowest BCUT2D eigenvalue weighted by Crippen LogP contribution is -2.10. The molecule has 0 heterocycles. The van der Waals surface area contributed by atoms with E-state index in [2.05, 4.69) is 0 Å². The Balaban J connectivity index is 3.40. The molecule has 0 amide bonds. The molecule has 0 unspecified atom stereocenters. The van der Waals surface area contributed by atoms with Gasteiger partial charge in [0.2, 0.25) is 0 Å². The SMILES string of the molecule is Cc1ccc(S(=O)(=O)S(=O)(=O)F)cc1. The highest BCUT2D eigenvalue weighted by Gasteiger charge is 2.31. The summed E-state index contributed by atoms with van der Waals surface area (Å²) in [5.41, 5.74) is 0.750. The zero-order chi connectivity index (χ0) is 11.0. The van der Waals surface area contributed by atoms with Gasteiger partial charge in [0.05, 0.1) is 4.90 Å². The van der Waals surface area contributed by atoms with Crippen LogP contribution < -0.4 is 0 Å². The second-order valence-electron chi connectivity index (χ2n) is 2.66. The molecule has 0 fully saturated rings. The molecule has 1 rings (SSSR count). The van der Waals surface area contributed by atoms with Gasteiger partial charge in [-0.25, -0.2) is 8.42 Å². The molecule has 14 heavy (non-hydrogen) atoms. The van der Waals surface area contributed by atoms with Crippen molar-refractivity contribution in [3.8, 4) is 0 Å². The van der Waals surface area contributed by atoms with Gasteiger partial charge in [-0.15, -0.1) is 0 Å². The van der Waals surface area contributed by atoms with Crippen molar-refractivity contribution in [3.05, 3.63) is 29.8 Å². The second kappa shape index (κ2) is 3.32. The molecule has 0 N–H and O–H groups in total. The third-order valence-electron chi connectivity index (χ3n) is 1.57. The molecule has 0 saturated carbocycles. The largest absolute Gasteiger partial charge is 0.415 e. The molecule has 1 aromatic rings. The highest BCUT2D eigenvalue weighted by Crippen LogP contribution is 2.18. The zero-order valence-electron chi connectivity index (χ0n) is 7.14. The van der Waals surface area contributed by atoms with Crippen molar-refractivity contribution in [1.82, 2.24) is 0 Å². The van der Waals surface area contributed by atoms with Crippen molar-refractivity contribution in [2.45, 2.75) is 11.8 Å². The van der Waals surface area contributed by atoms with Crippen molar-refractivity contribution in [1.29, 1.82) is 0 Å². The van der Waals surface area contributed by atoms with Gasteiger partial charge in [-0.3, -0.25) is 0 Å². The summed E-state index contributed by atoms with van der Waals surface area (Å²) in [6.45, 7) is 1.69. The first-order valence-corrected chi connectivity index (χ1v) is 6.90. The molecule has 7 heteroatoms. The average Bonchev–Trinajstić information content (AvgIpc) is 2.03. The predicted octanol–water partition coefficient (Wildman–Crippen LogP) is 0.983. The maximum absolute atomic E-state index is 12.3. The smallest absolute Gasteiger partial charge is 0.205 e. The summed E-state index contributed by atoms with van der Waals surface area (Å²) >= 11 is 0. The van der Waals surface area contributed by atoms with Crippen LogP contribution in [-0.4, -0.2) is 16.8 Å². The van der Waals surface area contributed by atoms with E-state index in [-0.39, 0.29) is 0 Å². The first-order valence-electron chi connectivity index (χ1n) is 3.51. The minimum atomic E-state index is -5.60. The maximum atomic E-state index is 12.3. The monoisotopic (exact) mass is 238 g/mol. The topological polar surface area (TPSA) is 68.3 Å². The molecule has 0 atom stereocenters. The number of halogens is 1. The van der Waals surface area contributed by atoms with Crippen molar-refractivity contribution in [2.75, 3.05) is 0 Å². The van der Waals surface area contributed by atoms with Gasteiger partial charge in [0.15, 0.2) is 0 Å². The molecule has 0 bridgehead atoms. The van der Waals surface area contributed by atoms with E-state index < -0.39 is 23.0 Å². The fourth-order valence-corrected chi connectivity index (χ4v) is 2.54. The van der Waals surface area contributed by atoms with Crippen molar-refractivity contribution in [2.24, 2.45) is 0 Å². The molecule has 0 aliphatic rings. The van der Waals surface area contributed by atoms with Gasteiger partial charge in [0.25, 0.3) is 0 Å². The van der Waals surface area contributed by atoms with Gasteiger partial charge in [-0.05, 0) is 19.1 Å². The van der Waals surface area contributed by atoms with Crippen LogP contribution >= 0.6 is 0 Å². The molecular formula is C7H7FO4S2. The molecule has 4 nitrogen and oxygen atoms in total. The van der Waals surface area contributed by atoms with E-state index in [0.717, 1.165) is 17.7 Å². The first-order chi connectivity index (χ1) is 6.25. The molecule has 0 spiro atoms. The van der Waals surface area contributed by atoms with Gasteiger partial charge in [-0.2, -0.15) is 8.42 Å². The lowest BCUT2D eigenvalue weighted by atomic mass is 10.2. The van der Waals surface area contributed by atoms with Crippen LogP contribution in [0, 0.1) is 6.92 Å². The van der Waals surface area contributed by atoms with Crippen LogP contribution in [0.2, 0.25) is 0 Å². The van der Waals surface area contributed by atoms with Crippen molar-refractivity contribution in [3.63, 3.8) is 0 Å². The Bertz CT molecular complexity index is 528. The standard InChI is InChI=1S/C7H7FO4S2/c1-6-2-4-7(5-3-6)13(9,10)14(8,11)12/h2-5H,1H3. The summed E-state index contributed by atoms with van der Waals surface area (Å²) in [6, 6.07) is 4.86. The van der Waals surface area contributed by atoms with Gasteiger partial charge in [0, 0.05) is 0 Å². The van der Waals surface area contributed by atoms with Crippen LogP contribution in [-0.2, 0) is 18.1 Å². The minimum Gasteiger partial charge on any atom is -0.205 e. The second-order valence-corrected chi connectivity index (χ2v) is 7.34. The van der Waals surface area contributed by atoms with Crippen LogP contribution in [0.5, 0.6) is 0 Å². The van der Waals surface area contributed by atoms with Crippen LogP contribution in [0.1, 0.15) is 5.56 Å². The molecule has 0 aliphatic heterocycles. The predicted molar refractivity (Wildman–Crippen MR) is 48.4 cm³/mol.